The van der Waals surface area contributed by atoms with Crippen LogP contribution in [0.25, 0.3) is 10.9 Å². The molecule has 3 heterocycles. The number of amides is 1. The van der Waals surface area contributed by atoms with Gasteiger partial charge in [0.25, 0.3) is 0 Å². The maximum Gasteiger partial charge on any atom is 0.573 e. The summed E-state index contributed by atoms with van der Waals surface area (Å²) in [6, 6.07) is 7.78. The molecular formula is C27H27F5N4O4. The van der Waals surface area contributed by atoms with Gasteiger partial charge in [0, 0.05) is 50.3 Å². The molecule has 214 valence electrons. The Balaban J connectivity index is 1.36. The number of alkyl halides is 3. The summed E-state index contributed by atoms with van der Waals surface area (Å²) in [6.45, 7) is 2.92. The average molecular weight is 567 g/mol. The molecule has 40 heavy (non-hydrogen) atoms. The molecule has 0 bridgehead atoms. The second kappa shape index (κ2) is 11.0. The first kappa shape index (κ1) is 27.8. The highest BCUT2D eigenvalue weighted by molar-refractivity contribution is 5.87. The van der Waals surface area contributed by atoms with E-state index in [1.807, 2.05) is 9.80 Å². The summed E-state index contributed by atoms with van der Waals surface area (Å²) in [5, 5.41) is 9.65. The fourth-order valence-electron chi connectivity index (χ4n) is 5.46. The summed E-state index contributed by atoms with van der Waals surface area (Å²) in [7, 11) is 0. The second-order valence-corrected chi connectivity index (χ2v) is 9.97. The SMILES string of the molecule is O=C(O)CN1CCN(CC(=O)N2CCc3c(n(Cc4ccc(OC(F)(F)F)c(F)c4)c4c(F)cccc34)C2)CC1. The summed E-state index contributed by atoms with van der Waals surface area (Å²) < 4.78 is 72.5. The number of rotatable bonds is 7. The molecule has 13 heteroatoms. The lowest BCUT2D eigenvalue weighted by molar-refractivity contribution is -0.275. The number of benzene rings is 2. The Morgan fingerprint density at radius 2 is 1.62 bits per heavy atom. The number of aromatic nitrogens is 1. The maximum atomic E-state index is 15.1. The van der Waals surface area contributed by atoms with E-state index in [4.69, 9.17) is 5.11 Å². The third-order valence-corrected chi connectivity index (χ3v) is 7.33. The lowest BCUT2D eigenvalue weighted by Gasteiger charge is -2.35. The normalized spacial score (nSPS) is 16.8. The number of carboxylic acid groups (broad SMARTS) is 1. The predicted octanol–water partition coefficient (Wildman–Crippen LogP) is 3.45. The third kappa shape index (κ3) is 6.04. The van der Waals surface area contributed by atoms with Gasteiger partial charge in [-0.25, -0.2) is 8.78 Å². The lowest BCUT2D eigenvalue weighted by Crippen LogP contribution is -2.51. The molecule has 0 radical (unpaired) electrons. The van der Waals surface area contributed by atoms with Gasteiger partial charge in [-0.05, 0) is 35.7 Å². The highest BCUT2D eigenvalue weighted by Gasteiger charge is 2.33. The summed E-state index contributed by atoms with van der Waals surface area (Å²) in [5.41, 5.74) is 2.14. The minimum atomic E-state index is -5.04. The number of carbonyl (C=O) groups is 2. The number of carboxylic acids is 1. The van der Waals surface area contributed by atoms with Gasteiger partial charge in [-0.2, -0.15) is 0 Å². The molecule has 1 amide bonds. The Morgan fingerprint density at radius 1 is 0.925 bits per heavy atom. The van der Waals surface area contributed by atoms with Crippen LogP contribution in [-0.4, -0.2) is 88.4 Å². The van der Waals surface area contributed by atoms with Crippen LogP contribution in [0.5, 0.6) is 5.75 Å². The fraction of sp³-hybridized carbons (Fsp3) is 0.407. The standard InChI is InChI=1S/C27H27F5N4O4/c28-20-3-1-2-19-18-6-7-35(24(37)15-33-8-10-34(11-9-33)16-25(38)39)14-22(18)36(26(19)20)13-17-4-5-23(21(29)12-17)40-27(30,31)32/h1-5,12H,6-11,13-16H2,(H,38,39). The Morgan fingerprint density at radius 3 is 2.27 bits per heavy atom. The largest absolute Gasteiger partial charge is 0.573 e. The first-order valence-corrected chi connectivity index (χ1v) is 12.8. The number of piperazine rings is 1. The maximum absolute atomic E-state index is 15.1. The van der Waals surface area contributed by atoms with Crippen molar-refractivity contribution in [2.75, 3.05) is 45.8 Å². The minimum absolute atomic E-state index is 0.0243. The number of nitrogens with zero attached hydrogens (tertiary/aromatic N) is 4. The molecule has 1 N–H and O–H groups in total. The molecule has 8 nitrogen and oxygen atoms in total. The summed E-state index contributed by atoms with van der Waals surface area (Å²) in [6.07, 6.45) is -4.56. The van der Waals surface area contributed by atoms with Crippen molar-refractivity contribution in [3.63, 3.8) is 0 Å². The molecule has 5 rings (SSSR count). The second-order valence-electron chi connectivity index (χ2n) is 9.97. The molecule has 2 aromatic carbocycles. The van der Waals surface area contributed by atoms with E-state index in [9.17, 15) is 27.2 Å². The van der Waals surface area contributed by atoms with E-state index in [0.29, 0.717) is 55.8 Å². The van der Waals surface area contributed by atoms with E-state index in [1.54, 1.807) is 21.6 Å². The van der Waals surface area contributed by atoms with Gasteiger partial charge in [-0.1, -0.05) is 18.2 Å². The molecular weight excluding hydrogens is 539 g/mol. The topological polar surface area (TPSA) is 78.3 Å². The number of hydrogen-bond acceptors (Lipinski definition) is 5. The average Bonchev–Trinajstić information content (AvgIpc) is 3.20. The van der Waals surface area contributed by atoms with Crippen molar-refractivity contribution in [1.29, 1.82) is 0 Å². The zero-order valence-corrected chi connectivity index (χ0v) is 21.4. The van der Waals surface area contributed by atoms with Crippen LogP contribution in [0, 0.1) is 11.6 Å². The van der Waals surface area contributed by atoms with E-state index < -0.39 is 29.7 Å². The molecule has 0 aliphatic carbocycles. The monoisotopic (exact) mass is 566 g/mol. The summed E-state index contributed by atoms with van der Waals surface area (Å²) in [5.74, 6) is -3.66. The number of carbonyl (C=O) groups excluding carboxylic acids is 1. The summed E-state index contributed by atoms with van der Waals surface area (Å²) in [4.78, 5) is 29.6. The van der Waals surface area contributed by atoms with Crippen molar-refractivity contribution in [2.45, 2.75) is 25.9 Å². The molecule has 0 unspecified atom stereocenters. The van der Waals surface area contributed by atoms with Crippen LogP contribution < -0.4 is 4.74 Å². The Hall–Kier alpha value is -3.71. The van der Waals surface area contributed by atoms with E-state index >= 15 is 4.39 Å². The van der Waals surface area contributed by atoms with Crippen LogP contribution >= 0.6 is 0 Å². The van der Waals surface area contributed by atoms with Gasteiger partial charge < -0.3 is 19.3 Å². The molecule has 0 saturated carbocycles. The number of ether oxygens (including phenoxy) is 1. The van der Waals surface area contributed by atoms with Gasteiger partial charge in [-0.3, -0.25) is 19.4 Å². The smallest absolute Gasteiger partial charge is 0.480 e. The minimum Gasteiger partial charge on any atom is -0.480 e. The van der Waals surface area contributed by atoms with Crippen molar-refractivity contribution in [2.24, 2.45) is 0 Å². The predicted molar refractivity (Wildman–Crippen MR) is 134 cm³/mol. The first-order chi connectivity index (χ1) is 19.0. The van der Waals surface area contributed by atoms with Crippen molar-refractivity contribution >= 4 is 22.8 Å². The van der Waals surface area contributed by atoms with E-state index in [-0.39, 0.29) is 37.6 Å². The van der Waals surface area contributed by atoms with Gasteiger partial charge >= 0.3 is 12.3 Å². The van der Waals surface area contributed by atoms with Crippen molar-refractivity contribution in [3.05, 3.63) is 64.9 Å². The highest BCUT2D eigenvalue weighted by atomic mass is 19.4. The number of fused-ring (bicyclic) bond motifs is 3. The van der Waals surface area contributed by atoms with Crippen LogP contribution in [0.15, 0.2) is 36.4 Å². The zero-order chi connectivity index (χ0) is 28.6. The van der Waals surface area contributed by atoms with Crippen LogP contribution in [0.4, 0.5) is 22.0 Å². The first-order valence-electron chi connectivity index (χ1n) is 12.8. The molecule has 0 atom stereocenters. The van der Waals surface area contributed by atoms with Gasteiger partial charge in [0.15, 0.2) is 11.6 Å². The molecule has 1 saturated heterocycles. The number of halogens is 5. The Labute approximate surface area is 226 Å². The lowest BCUT2D eigenvalue weighted by atomic mass is 10.0. The Kier molecular flexibility index (Phi) is 7.69. The van der Waals surface area contributed by atoms with Crippen LogP contribution in [0.3, 0.4) is 0 Å². The molecule has 2 aliphatic rings. The van der Waals surface area contributed by atoms with Crippen LogP contribution in [0.1, 0.15) is 16.8 Å². The van der Waals surface area contributed by atoms with Crippen LogP contribution in [-0.2, 0) is 29.1 Å². The summed E-state index contributed by atoms with van der Waals surface area (Å²) >= 11 is 0. The van der Waals surface area contributed by atoms with Crippen molar-refractivity contribution in [1.82, 2.24) is 19.3 Å². The fourth-order valence-corrected chi connectivity index (χ4v) is 5.46. The van der Waals surface area contributed by atoms with E-state index in [2.05, 4.69) is 4.74 Å². The molecule has 1 fully saturated rings. The van der Waals surface area contributed by atoms with E-state index in [0.717, 1.165) is 17.7 Å². The molecule has 0 spiro atoms. The van der Waals surface area contributed by atoms with Crippen LogP contribution in [0.2, 0.25) is 0 Å². The molecule has 1 aromatic heterocycles. The van der Waals surface area contributed by atoms with Gasteiger partial charge in [0.05, 0.1) is 25.2 Å². The van der Waals surface area contributed by atoms with Crippen molar-refractivity contribution < 1.29 is 41.4 Å². The van der Waals surface area contributed by atoms with Crippen molar-refractivity contribution in [3.8, 4) is 5.75 Å². The quantitative estimate of drug-likeness (QED) is 0.442. The molecule has 2 aliphatic heterocycles. The van der Waals surface area contributed by atoms with Gasteiger partial charge in [-0.15, -0.1) is 13.2 Å². The zero-order valence-electron chi connectivity index (χ0n) is 21.4. The van der Waals surface area contributed by atoms with E-state index in [1.165, 1.54) is 12.1 Å². The number of aliphatic carboxylic acids is 1. The van der Waals surface area contributed by atoms with Gasteiger partial charge in [0.1, 0.15) is 5.82 Å². The third-order valence-electron chi connectivity index (χ3n) is 7.33. The van der Waals surface area contributed by atoms with Gasteiger partial charge in [0.2, 0.25) is 5.91 Å². The highest BCUT2D eigenvalue weighted by Crippen LogP contribution is 2.34. The Bertz CT molecular complexity index is 1430. The molecule has 3 aromatic rings. The number of para-hydroxylation sites is 1. The number of hydrogen-bond donors (Lipinski definition) is 1.